The second-order valence-corrected chi connectivity index (χ2v) is 8.31. The number of benzene rings is 1. The molecule has 5 rings (SSSR count). The van der Waals surface area contributed by atoms with Crippen LogP contribution in [0.3, 0.4) is 0 Å². The molecule has 0 spiro atoms. The molecule has 3 N–H and O–H groups in total. The number of aromatic nitrogens is 3. The molecule has 1 aromatic carbocycles. The third-order valence-corrected chi connectivity index (χ3v) is 6.32. The summed E-state index contributed by atoms with van der Waals surface area (Å²) < 4.78 is 0. The Balaban J connectivity index is 1.47. The van der Waals surface area contributed by atoms with Crippen LogP contribution in [0.1, 0.15) is 48.7 Å². The van der Waals surface area contributed by atoms with Crippen molar-refractivity contribution in [3.63, 3.8) is 0 Å². The largest absolute Gasteiger partial charge is 0.353 e. The molecule has 1 aliphatic carbocycles. The van der Waals surface area contributed by atoms with Gasteiger partial charge in [0, 0.05) is 29.0 Å². The zero-order chi connectivity index (χ0) is 20.3. The maximum atomic E-state index is 5.78. The Labute approximate surface area is 177 Å². The predicted molar refractivity (Wildman–Crippen MR) is 122 cm³/mol. The minimum atomic E-state index is 0.355. The number of para-hydroxylation sites is 1. The molecule has 0 fully saturated rings. The second kappa shape index (κ2) is 8.54. The maximum absolute atomic E-state index is 5.78. The molecule has 1 unspecified atom stereocenters. The van der Waals surface area contributed by atoms with Gasteiger partial charge in [0.15, 0.2) is 0 Å². The number of H-pyrrole nitrogens is 1. The third kappa shape index (κ3) is 3.71. The van der Waals surface area contributed by atoms with Gasteiger partial charge in [-0.05, 0) is 69.0 Å². The number of nitrogens with one attached hydrogen (secondary N) is 1. The lowest BCUT2D eigenvalue weighted by Crippen LogP contribution is -2.33. The van der Waals surface area contributed by atoms with Gasteiger partial charge in [-0.3, -0.25) is 14.9 Å². The molecule has 3 heterocycles. The van der Waals surface area contributed by atoms with E-state index < -0.39 is 0 Å². The Bertz CT molecular complexity index is 1150. The number of unbranched alkanes of at least 4 members (excludes halogenated alkanes) is 1. The molecule has 4 aromatic rings. The van der Waals surface area contributed by atoms with Crippen LogP contribution >= 0.6 is 0 Å². The molecule has 0 saturated carbocycles. The van der Waals surface area contributed by atoms with Gasteiger partial charge >= 0.3 is 0 Å². The zero-order valence-electron chi connectivity index (χ0n) is 17.3. The van der Waals surface area contributed by atoms with E-state index in [1.165, 1.54) is 28.5 Å². The van der Waals surface area contributed by atoms with E-state index in [0.717, 1.165) is 62.0 Å². The summed E-state index contributed by atoms with van der Waals surface area (Å²) in [5.41, 5.74) is 11.8. The van der Waals surface area contributed by atoms with Crippen molar-refractivity contribution in [2.24, 2.45) is 5.73 Å². The van der Waals surface area contributed by atoms with E-state index >= 15 is 0 Å². The number of rotatable bonds is 7. The first kappa shape index (κ1) is 19.2. The molecular formula is C25H29N5. The van der Waals surface area contributed by atoms with Crippen LogP contribution < -0.4 is 5.73 Å². The van der Waals surface area contributed by atoms with Crippen LogP contribution in [-0.4, -0.2) is 32.9 Å². The Kier molecular flexibility index (Phi) is 5.47. The molecular weight excluding hydrogens is 370 g/mol. The van der Waals surface area contributed by atoms with Crippen LogP contribution in [0.2, 0.25) is 0 Å². The van der Waals surface area contributed by atoms with Gasteiger partial charge in [0.1, 0.15) is 0 Å². The molecule has 3 aromatic heterocycles. The first-order chi connectivity index (χ1) is 14.8. The van der Waals surface area contributed by atoms with Gasteiger partial charge in [0.05, 0.1) is 29.1 Å². The van der Waals surface area contributed by atoms with Crippen molar-refractivity contribution in [3.8, 4) is 0 Å². The molecule has 0 bridgehead atoms. The third-order valence-electron chi connectivity index (χ3n) is 6.32. The molecule has 30 heavy (non-hydrogen) atoms. The Morgan fingerprint density at radius 2 is 1.97 bits per heavy atom. The van der Waals surface area contributed by atoms with E-state index in [1.54, 1.807) is 0 Å². The van der Waals surface area contributed by atoms with Gasteiger partial charge in [-0.25, -0.2) is 0 Å². The van der Waals surface area contributed by atoms with Crippen LogP contribution in [0.5, 0.6) is 0 Å². The Morgan fingerprint density at radius 1 is 1.03 bits per heavy atom. The molecule has 0 radical (unpaired) electrons. The molecule has 5 heteroatoms. The highest BCUT2D eigenvalue weighted by atomic mass is 15.2. The minimum absolute atomic E-state index is 0.355. The van der Waals surface area contributed by atoms with Crippen molar-refractivity contribution < 1.29 is 0 Å². The van der Waals surface area contributed by atoms with Crippen molar-refractivity contribution in [2.45, 2.75) is 44.7 Å². The summed E-state index contributed by atoms with van der Waals surface area (Å²) in [6.45, 7) is 2.60. The fraction of sp³-hybridized carbons (Fsp3) is 0.360. The normalized spacial score (nSPS) is 16.4. The van der Waals surface area contributed by atoms with Crippen LogP contribution in [0.25, 0.3) is 21.8 Å². The van der Waals surface area contributed by atoms with Crippen LogP contribution in [0.15, 0.2) is 54.9 Å². The second-order valence-electron chi connectivity index (χ2n) is 8.31. The highest BCUT2D eigenvalue weighted by molar-refractivity contribution is 6.06. The van der Waals surface area contributed by atoms with E-state index in [4.69, 9.17) is 15.7 Å². The fourth-order valence-corrected chi connectivity index (χ4v) is 4.83. The predicted octanol–water partition coefficient (Wildman–Crippen LogP) is 4.73. The van der Waals surface area contributed by atoms with E-state index in [-0.39, 0.29) is 0 Å². The highest BCUT2D eigenvalue weighted by Gasteiger charge is 2.27. The number of pyridine rings is 2. The first-order valence-corrected chi connectivity index (χ1v) is 11.1. The monoisotopic (exact) mass is 399 g/mol. The molecule has 0 saturated heterocycles. The quantitative estimate of drug-likeness (QED) is 0.441. The summed E-state index contributed by atoms with van der Waals surface area (Å²) >= 11 is 0. The Hall–Kier alpha value is -2.76. The number of hydrogen-bond acceptors (Lipinski definition) is 4. The summed E-state index contributed by atoms with van der Waals surface area (Å²) in [7, 11) is 0. The number of hydrogen-bond donors (Lipinski definition) is 2. The zero-order valence-corrected chi connectivity index (χ0v) is 17.3. The number of aryl methyl sites for hydroxylation is 1. The summed E-state index contributed by atoms with van der Waals surface area (Å²) in [5, 5.41) is 2.51. The van der Waals surface area contributed by atoms with Gasteiger partial charge in [0.25, 0.3) is 0 Å². The molecule has 1 atom stereocenters. The van der Waals surface area contributed by atoms with Crippen LogP contribution in [-0.2, 0) is 13.0 Å². The van der Waals surface area contributed by atoms with E-state index in [9.17, 15) is 0 Å². The van der Waals surface area contributed by atoms with Crippen LogP contribution in [0.4, 0.5) is 0 Å². The standard InChI is InChI=1S/C25H29N5/c26-12-3-4-14-30(24-11-5-7-18-8-6-13-27-25(18)24)17-19-15-21-20-9-1-2-10-22(20)29-23(21)16-28-19/h1-2,6,8-10,13,15-16,24,29H,3-5,7,11-12,14,17,26H2. The summed E-state index contributed by atoms with van der Waals surface area (Å²) in [5.74, 6) is 0. The SMILES string of the molecule is NCCCCN(Cc1cc2c(cn1)[nH]c1ccccc12)C1CCCc2cccnc21. The molecule has 0 aliphatic heterocycles. The fourth-order valence-electron chi connectivity index (χ4n) is 4.83. The number of aromatic amines is 1. The van der Waals surface area contributed by atoms with E-state index in [2.05, 4.69) is 52.3 Å². The number of fused-ring (bicyclic) bond motifs is 4. The molecule has 1 aliphatic rings. The smallest absolute Gasteiger partial charge is 0.0651 e. The topological polar surface area (TPSA) is 70.8 Å². The van der Waals surface area contributed by atoms with Crippen molar-refractivity contribution in [3.05, 3.63) is 71.8 Å². The Morgan fingerprint density at radius 3 is 2.90 bits per heavy atom. The highest BCUT2D eigenvalue weighted by Crippen LogP contribution is 2.34. The van der Waals surface area contributed by atoms with Crippen molar-refractivity contribution in [2.75, 3.05) is 13.1 Å². The van der Waals surface area contributed by atoms with Gasteiger partial charge in [-0.1, -0.05) is 24.3 Å². The molecule has 5 nitrogen and oxygen atoms in total. The van der Waals surface area contributed by atoms with Crippen molar-refractivity contribution in [1.29, 1.82) is 0 Å². The maximum Gasteiger partial charge on any atom is 0.0651 e. The number of nitrogens with two attached hydrogens (primary N) is 1. The van der Waals surface area contributed by atoms with Crippen molar-refractivity contribution in [1.82, 2.24) is 19.9 Å². The number of nitrogens with zero attached hydrogens (tertiary/aromatic N) is 3. The van der Waals surface area contributed by atoms with Gasteiger partial charge in [-0.2, -0.15) is 0 Å². The first-order valence-electron chi connectivity index (χ1n) is 11.1. The van der Waals surface area contributed by atoms with Crippen molar-refractivity contribution >= 4 is 21.8 Å². The average molecular weight is 400 g/mol. The van der Waals surface area contributed by atoms with Gasteiger partial charge in [0.2, 0.25) is 0 Å². The van der Waals surface area contributed by atoms with Crippen LogP contribution in [0, 0.1) is 0 Å². The lowest BCUT2D eigenvalue weighted by atomic mass is 9.90. The summed E-state index contributed by atoms with van der Waals surface area (Å²) in [4.78, 5) is 15.6. The lowest BCUT2D eigenvalue weighted by Gasteiger charge is -2.35. The molecule has 154 valence electrons. The minimum Gasteiger partial charge on any atom is -0.353 e. The lowest BCUT2D eigenvalue weighted by molar-refractivity contribution is 0.161. The summed E-state index contributed by atoms with van der Waals surface area (Å²) in [6, 6.07) is 15.4. The van der Waals surface area contributed by atoms with Gasteiger partial charge < -0.3 is 10.7 Å². The van der Waals surface area contributed by atoms with E-state index in [0.29, 0.717) is 6.04 Å². The molecule has 0 amide bonds. The van der Waals surface area contributed by atoms with Gasteiger partial charge in [-0.15, -0.1) is 0 Å². The summed E-state index contributed by atoms with van der Waals surface area (Å²) in [6.07, 6.45) is 9.57. The average Bonchev–Trinajstić information content (AvgIpc) is 3.16. The van der Waals surface area contributed by atoms with E-state index in [1.807, 2.05) is 12.4 Å².